The Morgan fingerprint density at radius 3 is 2.73 bits per heavy atom. The number of carbonyl (C=O) groups is 2. The first kappa shape index (κ1) is 20.8. The van der Waals surface area contributed by atoms with Crippen molar-refractivity contribution < 1.29 is 18.7 Å². The predicted molar refractivity (Wildman–Crippen MR) is 114 cm³/mol. The molecule has 1 aliphatic heterocycles. The number of para-hydroxylation sites is 1. The summed E-state index contributed by atoms with van der Waals surface area (Å²) < 4.78 is 19.8. The molecule has 1 saturated carbocycles. The standard InChI is InChI=1S/C23H27FN2O3S/c1-15(2)26(23(28)16-7-8-16)13-22(27)25-11-9-21-17(10-12-30-21)19(25)14-29-20-6-4-3-5-18(20)24/h3-6,10,12,15-16,19H,7-9,11,13-14H2,1-2H3/t19-/m0/s1. The number of fused-ring (bicyclic) bond motifs is 1. The summed E-state index contributed by atoms with van der Waals surface area (Å²) >= 11 is 1.67. The Bertz CT molecular complexity index is 925. The van der Waals surface area contributed by atoms with E-state index in [2.05, 4.69) is 0 Å². The Balaban J connectivity index is 1.52. The van der Waals surface area contributed by atoms with Gasteiger partial charge in [0.2, 0.25) is 11.8 Å². The van der Waals surface area contributed by atoms with E-state index in [1.807, 2.05) is 25.3 Å². The fourth-order valence-corrected chi connectivity index (χ4v) is 4.85. The zero-order chi connectivity index (χ0) is 21.3. The maximum absolute atomic E-state index is 14.0. The van der Waals surface area contributed by atoms with Crippen molar-refractivity contribution in [2.75, 3.05) is 19.7 Å². The van der Waals surface area contributed by atoms with Crippen LogP contribution in [0.25, 0.3) is 0 Å². The molecule has 7 heteroatoms. The molecule has 2 amide bonds. The first-order valence-corrected chi connectivity index (χ1v) is 11.4. The smallest absolute Gasteiger partial charge is 0.242 e. The van der Waals surface area contributed by atoms with Gasteiger partial charge in [0, 0.05) is 23.4 Å². The Labute approximate surface area is 180 Å². The highest BCUT2D eigenvalue weighted by Crippen LogP contribution is 2.35. The van der Waals surface area contributed by atoms with Crippen molar-refractivity contribution in [3.63, 3.8) is 0 Å². The van der Waals surface area contributed by atoms with Crippen molar-refractivity contribution in [1.82, 2.24) is 9.80 Å². The first-order chi connectivity index (χ1) is 14.5. The number of carbonyl (C=O) groups excluding carboxylic acids is 2. The van der Waals surface area contributed by atoms with E-state index in [1.54, 1.807) is 39.3 Å². The van der Waals surface area contributed by atoms with Gasteiger partial charge in [-0.1, -0.05) is 12.1 Å². The Morgan fingerprint density at radius 2 is 2.03 bits per heavy atom. The van der Waals surface area contributed by atoms with E-state index in [0.29, 0.717) is 6.54 Å². The molecule has 0 spiro atoms. The molecule has 0 saturated heterocycles. The van der Waals surface area contributed by atoms with E-state index in [0.717, 1.165) is 24.8 Å². The monoisotopic (exact) mass is 430 g/mol. The van der Waals surface area contributed by atoms with Crippen molar-refractivity contribution in [1.29, 1.82) is 0 Å². The van der Waals surface area contributed by atoms with Gasteiger partial charge in [0.25, 0.3) is 0 Å². The van der Waals surface area contributed by atoms with Crippen LogP contribution in [-0.4, -0.2) is 47.4 Å². The minimum absolute atomic E-state index is 0.0309. The molecule has 0 unspecified atom stereocenters. The lowest BCUT2D eigenvalue weighted by Gasteiger charge is -2.37. The summed E-state index contributed by atoms with van der Waals surface area (Å²) in [6, 6.07) is 7.99. The molecule has 0 radical (unpaired) electrons. The highest BCUT2D eigenvalue weighted by atomic mass is 32.1. The summed E-state index contributed by atoms with van der Waals surface area (Å²) in [5.41, 5.74) is 1.06. The molecule has 1 aromatic heterocycles. The predicted octanol–water partition coefficient (Wildman–Crippen LogP) is 4.04. The van der Waals surface area contributed by atoms with Gasteiger partial charge in [-0.25, -0.2) is 4.39 Å². The number of halogens is 1. The van der Waals surface area contributed by atoms with Crippen LogP contribution in [0.3, 0.4) is 0 Å². The summed E-state index contributed by atoms with van der Waals surface area (Å²) in [6.45, 7) is 4.71. The molecule has 5 nitrogen and oxygen atoms in total. The van der Waals surface area contributed by atoms with Crippen LogP contribution in [0.2, 0.25) is 0 Å². The van der Waals surface area contributed by atoms with Gasteiger partial charge >= 0.3 is 0 Å². The molecular weight excluding hydrogens is 403 g/mol. The molecule has 30 heavy (non-hydrogen) atoms. The minimum Gasteiger partial charge on any atom is -0.488 e. The van der Waals surface area contributed by atoms with Gasteiger partial charge in [0.15, 0.2) is 11.6 Å². The minimum atomic E-state index is -0.419. The summed E-state index contributed by atoms with van der Waals surface area (Å²) in [5, 5.41) is 2.02. The maximum atomic E-state index is 14.0. The van der Waals surface area contributed by atoms with E-state index in [4.69, 9.17) is 4.74 Å². The molecular formula is C23H27FN2O3S. The van der Waals surface area contributed by atoms with Crippen molar-refractivity contribution in [2.45, 2.75) is 45.2 Å². The van der Waals surface area contributed by atoms with Crippen LogP contribution in [0.1, 0.15) is 43.2 Å². The maximum Gasteiger partial charge on any atom is 0.242 e. The molecule has 4 rings (SSSR count). The average molecular weight is 431 g/mol. The third-order valence-electron chi connectivity index (χ3n) is 5.79. The van der Waals surface area contributed by atoms with E-state index in [1.165, 1.54) is 10.9 Å². The van der Waals surface area contributed by atoms with E-state index >= 15 is 0 Å². The second-order valence-electron chi connectivity index (χ2n) is 8.23. The van der Waals surface area contributed by atoms with E-state index in [9.17, 15) is 14.0 Å². The number of hydrogen-bond donors (Lipinski definition) is 0. The van der Waals surface area contributed by atoms with Gasteiger partial charge in [-0.05, 0) is 62.3 Å². The van der Waals surface area contributed by atoms with Gasteiger partial charge < -0.3 is 14.5 Å². The average Bonchev–Trinajstić information content (AvgIpc) is 3.47. The molecule has 2 aromatic rings. The van der Waals surface area contributed by atoms with Gasteiger partial charge in [-0.15, -0.1) is 11.3 Å². The van der Waals surface area contributed by atoms with Crippen molar-refractivity contribution in [3.8, 4) is 5.75 Å². The molecule has 1 aliphatic carbocycles. The van der Waals surface area contributed by atoms with Crippen LogP contribution in [0.15, 0.2) is 35.7 Å². The van der Waals surface area contributed by atoms with E-state index < -0.39 is 5.82 Å². The fraction of sp³-hybridized carbons (Fsp3) is 0.478. The molecule has 2 heterocycles. The van der Waals surface area contributed by atoms with Crippen LogP contribution >= 0.6 is 11.3 Å². The van der Waals surface area contributed by atoms with Crippen LogP contribution < -0.4 is 4.74 Å². The van der Waals surface area contributed by atoms with Crippen molar-refractivity contribution in [3.05, 3.63) is 52.0 Å². The van der Waals surface area contributed by atoms with Crippen LogP contribution in [0.4, 0.5) is 4.39 Å². The van der Waals surface area contributed by atoms with Gasteiger partial charge in [0.1, 0.15) is 13.2 Å². The fourth-order valence-electron chi connectivity index (χ4n) is 3.92. The Hall–Kier alpha value is -2.41. The van der Waals surface area contributed by atoms with Gasteiger partial charge in [-0.2, -0.15) is 0 Å². The topological polar surface area (TPSA) is 49.9 Å². The third kappa shape index (κ3) is 4.36. The molecule has 1 fully saturated rings. The molecule has 1 aromatic carbocycles. The van der Waals surface area contributed by atoms with Crippen LogP contribution in [0, 0.1) is 11.7 Å². The van der Waals surface area contributed by atoms with Gasteiger partial charge in [-0.3, -0.25) is 9.59 Å². The van der Waals surface area contributed by atoms with Crippen LogP contribution in [-0.2, 0) is 16.0 Å². The SMILES string of the molecule is CC(C)N(CC(=O)N1CCc2sccc2[C@@H]1COc1ccccc1F)C(=O)C1CC1. The lowest BCUT2D eigenvalue weighted by molar-refractivity contribution is -0.144. The lowest BCUT2D eigenvalue weighted by Crippen LogP contribution is -2.49. The largest absolute Gasteiger partial charge is 0.488 e. The summed E-state index contributed by atoms with van der Waals surface area (Å²) in [5.74, 6) is -0.176. The zero-order valence-corrected chi connectivity index (χ0v) is 18.2. The highest BCUT2D eigenvalue weighted by molar-refractivity contribution is 7.10. The summed E-state index contributed by atoms with van der Waals surface area (Å²) in [6.07, 6.45) is 2.61. The second-order valence-corrected chi connectivity index (χ2v) is 9.23. The molecule has 0 N–H and O–H groups in total. The quantitative estimate of drug-likeness (QED) is 0.666. The number of nitrogens with zero attached hydrogens (tertiary/aromatic N) is 2. The zero-order valence-electron chi connectivity index (χ0n) is 17.3. The van der Waals surface area contributed by atoms with Crippen molar-refractivity contribution >= 4 is 23.2 Å². The lowest BCUT2D eigenvalue weighted by atomic mass is 10.00. The van der Waals surface area contributed by atoms with Crippen LogP contribution in [0.5, 0.6) is 5.75 Å². The summed E-state index contributed by atoms with van der Waals surface area (Å²) in [7, 11) is 0. The molecule has 1 atom stereocenters. The number of rotatable bonds is 7. The molecule has 0 bridgehead atoms. The molecule has 2 aliphatic rings. The highest BCUT2D eigenvalue weighted by Gasteiger charge is 2.38. The van der Waals surface area contributed by atoms with Crippen molar-refractivity contribution in [2.24, 2.45) is 5.92 Å². The van der Waals surface area contributed by atoms with Gasteiger partial charge in [0.05, 0.1) is 6.04 Å². The number of benzene rings is 1. The number of hydrogen-bond acceptors (Lipinski definition) is 4. The number of thiophene rings is 1. The third-order valence-corrected chi connectivity index (χ3v) is 6.78. The molecule has 160 valence electrons. The first-order valence-electron chi connectivity index (χ1n) is 10.5. The number of amides is 2. The Kier molecular flexibility index (Phi) is 6.09. The second kappa shape index (κ2) is 8.76. The number of ether oxygens (including phenoxy) is 1. The summed E-state index contributed by atoms with van der Waals surface area (Å²) in [4.78, 5) is 30.7. The Morgan fingerprint density at radius 1 is 1.27 bits per heavy atom. The van der Waals surface area contributed by atoms with E-state index in [-0.39, 0.29) is 48.7 Å². The normalized spacial score (nSPS) is 18.3.